The Bertz CT molecular complexity index is 786. The Hall–Kier alpha value is -2.02. The molecule has 6 nitrogen and oxygen atoms in total. The molecule has 3 rings (SSSR count). The molecule has 140 valence electrons. The molecule has 0 saturated heterocycles. The van der Waals surface area contributed by atoms with Crippen molar-refractivity contribution in [1.29, 1.82) is 0 Å². The van der Waals surface area contributed by atoms with Gasteiger partial charge >= 0.3 is 5.69 Å². The molecule has 0 bridgehead atoms. The average Bonchev–Trinajstić information content (AvgIpc) is 2.98. The Morgan fingerprint density at radius 3 is 2.85 bits per heavy atom. The Kier molecular flexibility index (Phi) is 6.19. The standard InChI is InChI=1S/C19H26N4O2S/c1-13-7-6-10-16(14(13)2)20-17(24)12-26-19-22-21-18(25)23(19)11-15-8-4-3-5-9-15/h3-5,8-9,13-14,16H,6-7,10-12H2,1-2H3,(H,20,24)(H,21,25)/t13-,14+,16+/m0/s1. The molecule has 0 aliphatic heterocycles. The lowest BCUT2D eigenvalue weighted by atomic mass is 9.78. The first kappa shape index (κ1) is 18.8. The summed E-state index contributed by atoms with van der Waals surface area (Å²) in [6, 6.07) is 9.99. The summed E-state index contributed by atoms with van der Waals surface area (Å²) in [5.74, 6) is 1.41. The van der Waals surface area contributed by atoms with Gasteiger partial charge in [0.25, 0.3) is 0 Å². The Morgan fingerprint density at radius 1 is 1.31 bits per heavy atom. The first-order valence-electron chi connectivity index (χ1n) is 9.16. The summed E-state index contributed by atoms with van der Waals surface area (Å²) in [6.45, 7) is 4.91. The van der Waals surface area contributed by atoms with Gasteiger partial charge in [-0.3, -0.25) is 9.36 Å². The summed E-state index contributed by atoms with van der Waals surface area (Å²) in [5.41, 5.74) is 0.763. The van der Waals surface area contributed by atoms with Gasteiger partial charge in [0.15, 0.2) is 5.16 Å². The average molecular weight is 375 g/mol. The Balaban J connectivity index is 1.58. The fraction of sp³-hybridized carbons (Fsp3) is 0.526. The number of rotatable bonds is 6. The van der Waals surface area contributed by atoms with Crippen molar-refractivity contribution in [3.63, 3.8) is 0 Å². The number of hydrogen-bond donors (Lipinski definition) is 2. The minimum absolute atomic E-state index is 0.00246. The smallest absolute Gasteiger partial charge is 0.344 e. The molecule has 1 amide bonds. The third-order valence-corrected chi connectivity index (χ3v) is 6.27. The van der Waals surface area contributed by atoms with Gasteiger partial charge in [0.1, 0.15) is 0 Å². The monoisotopic (exact) mass is 374 g/mol. The molecule has 1 fully saturated rings. The van der Waals surface area contributed by atoms with E-state index in [1.807, 2.05) is 30.3 Å². The van der Waals surface area contributed by atoms with Crippen LogP contribution in [0.15, 0.2) is 40.3 Å². The van der Waals surface area contributed by atoms with Gasteiger partial charge < -0.3 is 5.32 Å². The largest absolute Gasteiger partial charge is 0.352 e. The van der Waals surface area contributed by atoms with Gasteiger partial charge in [0.2, 0.25) is 5.91 Å². The molecule has 2 aromatic rings. The zero-order valence-corrected chi connectivity index (χ0v) is 16.1. The van der Waals surface area contributed by atoms with Crippen LogP contribution in [0.4, 0.5) is 0 Å². The van der Waals surface area contributed by atoms with Crippen molar-refractivity contribution < 1.29 is 4.79 Å². The van der Waals surface area contributed by atoms with E-state index >= 15 is 0 Å². The SMILES string of the molecule is C[C@@H]1[C@@H](C)CCC[C@H]1NC(=O)CSc1n[nH]c(=O)n1Cc1ccccc1. The highest BCUT2D eigenvalue weighted by molar-refractivity contribution is 7.99. The first-order valence-corrected chi connectivity index (χ1v) is 10.1. The van der Waals surface area contributed by atoms with Crippen LogP contribution in [0.5, 0.6) is 0 Å². The maximum atomic E-state index is 12.4. The highest BCUT2D eigenvalue weighted by Crippen LogP contribution is 2.29. The molecule has 1 aromatic heterocycles. The molecule has 2 N–H and O–H groups in total. The molecular formula is C19H26N4O2S. The lowest BCUT2D eigenvalue weighted by Gasteiger charge is -2.34. The van der Waals surface area contributed by atoms with Crippen LogP contribution < -0.4 is 11.0 Å². The topological polar surface area (TPSA) is 79.8 Å². The van der Waals surface area contributed by atoms with Crippen molar-refractivity contribution in [1.82, 2.24) is 20.1 Å². The minimum atomic E-state index is -0.258. The van der Waals surface area contributed by atoms with Gasteiger partial charge in [0.05, 0.1) is 12.3 Å². The van der Waals surface area contributed by atoms with Crippen LogP contribution in [-0.4, -0.2) is 32.5 Å². The molecule has 1 aliphatic rings. The number of thioether (sulfide) groups is 1. The summed E-state index contributed by atoms with van der Waals surface area (Å²) in [6.07, 6.45) is 3.45. The molecule has 1 aromatic carbocycles. The van der Waals surface area contributed by atoms with E-state index in [-0.39, 0.29) is 23.4 Å². The summed E-state index contributed by atoms with van der Waals surface area (Å²) >= 11 is 1.29. The van der Waals surface area contributed by atoms with Gasteiger partial charge in [-0.15, -0.1) is 5.10 Å². The number of amides is 1. The van der Waals surface area contributed by atoms with Crippen LogP contribution in [0.25, 0.3) is 0 Å². The fourth-order valence-corrected chi connectivity index (χ4v) is 4.24. The molecule has 7 heteroatoms. The van der Waals surface area contributed by atoms with Crippen molar-refractivity contribution in [3.05, 3.63) is 46.4 Å². The van der Waals surface area contributed by atoms with E-state index in [2.05, 4.69) is 29.4 Å². The predicted molar refractivity (Wildman–Crippen MR) is 103 cm³/mol. The molecule has 26 heavy (non-hydrogen) atoms. The van der Waals surface area contributed by atoms with Crippen LogP contribution in [0, 0.1) is 11.8 Å². The van der Waals surface area contributed by atoms with Crippen molar-refractivity contribution in [2.24, 2.45) is 11.8 Å². The number of benzene rings is 1. The highest BCUT2D eigenvalue weighted by atomic mass is 32.2. The predicted octanol–water partition coefficient (Wildman–Crippen LogP) is 2.65. The molecule has 0 radical (unpaired) electrons. The number of carbonyl (C=O) groups is 1. The molecule has 0 unspecified atom stereocenters. The molecular weight excluding hydrogens is 348 g/mol. The summed E-state index contributed by atoms with van der Waals surface area (Å²) < 4.78 is 1.57. The van der Waals surface area contributed by atoms with Crippen LogP contribution in [-0.2, 0) is 11.3 Å². The van der Waals surface area contributed by atoms with E-state index in [1.165, 1.54) is 24.6 Å². The lowest BCUT2D eigenvalue weighted by Crippen LogP contribution is -2.44. The Labute approximate surface area is 157 Å². The van der Waals surface area contributed by atoms with E-state index in [0.717, 1.165) is 12.0 Å². The van der Waals surface area contributed by atoms with E-state index in [9.17, 15) is 9.59 Å². The number of carbonyl (C=O) groups excluding carboxylic acids is 1. The maximum absolute atomic E-state index is 12.4. The van der Waals surface area contributed by atoms with Gasteiger partial charge in [0, 0.05) is 6.04 Å². The van der Waals surface area contributed by atoms with Crippen LogP contribution in [0.1, 0.15) is 38.7 Å². The Morgan fingerprint density at radius 2 is 2.08 bits per heavy atom. The van der Waals surface area contributed by atoms with Gasteiger partial charge in [-0.05, 0) is 23.8 Å². The van der Waals surface area contributed by atoms with Crippen molar-refractivity contribution in [2.75, 3.05) is 5.75 Å². The quantitative estimate of drug-likeness (QED) is 0.762. The normalized spacial score (nSPS) is 22.9. The van der Waals surface area contributed by atoms with E-state index in [0.29, 0.717) is 23.5 Å². The molecule has 1 saturated carbocycles. The van der Waals surface area contributed by atoms with Crippen LogP contribution in [0.2, 0.25) is 0 Å². The lowest BCUT2D eigenvalue weighted by molar-refractivity contribution is -0.120. The number of nitrogens with one attached hydrogen (secondary N) is 2. The van der Waals surface area contributed by atoms with Crippen LogP contribution >= 0.6 is 11.8 Å². The second kappa shape index (κ2) is 8.58. The second-order valence-corrected chi connectivity index (χ2v) is 8.06. The van der Waals surface area contributed by atoms with Crippen molar-refractivity contribution in [3.8, 4) is 0 Å². The fourth-order valence-electron chi connectivity index (χ4n) is 3.48. The molecule has 3 atom stereocenters. The minimum Gasteiger partial charge on any atom is -0.352 e. The van der Waals surface area contributed by atoms with Gasteiger partial charge in [-0.1, -0.05) is 68.8 Å². The number of H-pyrrole nitrogens is 1. The first-order chi connectivity index (χ1) is 12.5. The zero-order valence-electron chi connectivity index (χ0n) is 15.3. The summed E-state index contributed by atoms with van der Waals surface area (Å²) in [4.78, 5) is 24.4. The number of aromatic amines is 1. The van der Waals surface area contributed by atoms with Gasteiger partial charge in [-0.25, -0.2) is 9.89 Å². The van der Waals surface area contributed by atoms with Crippen LogP contribution in [0.3, 0.4) is 0 Å². The number of aromatic nitrogens is 3. The molecule has 1 heterocycles. The van der Waals surface area contributed by atoms with E-state index in [1.54, 1.807) is 4.57 Å². The number of nitrogens with zero attached hydrogens (tertiary/aromatic N) is 2. The maximum Gasteiger partial charge on any atom is 0.344 e. The van der Waals surface area contributed by atoms with Gasteiger partial charge in [-0.2, -0.15) is 0 Å². The van der Waals surface area contributed by atoms with E-state index in [4.69, 9.17) is 0 Å². The summed E-state index contributed by atoms with van der Waals surface area (Å²) in [5, 5.41) is 10.2. The second-order valence-electron chi connectivity index (χ2n) is 7.11. The summed E-state index contributed by atoms with van der Waals surface area (Å²) in [7, 11) is 0. The van der Waals surface area contributed by atoms with Crippen molar-refractivity contribution in [2.45, 2.75) is 50.9 Å². The third kappa shape index (κ3) is 4.58. The highest BCUT2D eigenvalue weighted by Gasteiger charge is 2.28. The van der Waals surface area contributed by atoms with E-state index < -0.39 is 0 Å². The molecule has 1 aliphatic carbocycles. The van der Waals surface area contributed by atoms with Crippen molar-refractivity contribution >= 4 is 17.7 Å². The number of hydrogen-bond acceptors (Lipinski definition) is 4. The third-order valence-electron chi connectivity index (χ3n) is 5.29. The molecule has 0 spiro atoms. The zero-order chi connectivity index (χ0) is 18.5.